The molecule has 2 amide bonds. The lowest BCUT2D eigenvalue weighted by molar-refractivity contribution is -0.138. The van der Waals surface area contributed by atoms with Gasteiger partial charge in [0.05, 0.1) is 42.9 Å². The fourth-order valence-corrected chi connectivity index (χ4v) is 2.75. The molecule has 0 radical (unpaired) electrons. The lowest BCUT2D eigenvalue weighted by atomic mass is 10.1. The van der Waals surface area contributed by atoms with Gasteiger partial charge in [-0.3, -0.25) is 9.59 Å². The van der Waals surface area contributed by atoms with Gasteiger partial charge >= 0.3 is 0 Å². The Balaban J connectivity index is 4.75. The SMILES string of the molecule is COC(C)(C)CCOC(C)CCN(CC(=O)NCC=O)C(=O)CC(C)OCCC(C)(C)OC. The van der Waals surface area contributed by atoms with Crippen LogP contribution in [0.15, 0.2) is 0 Å². The van der Waals surface area contributed by atoms with Crippen LogP contribution in [0.1, 0.15) is 67.2 Å². The number of methoxy groups -OCH3 is 2. The van der Waals surface area contributed by atoms with Crippen LogP contribution in [0, 0.1) is 0 Å². The monoisotopic (exact) mass is 474 g/mol. The van der Waals surface area contributed by atoms with E-state index in [-0.39, 0.29) is 54.7 Å². The van der Waals surface area contributed by atoms with E-state index in [2.05, 4.69) is 5.32 Å². The van der Waals surface area contributed by atoms with Crippen LogP contribution in [0.5, 0.6) is 0 Å². The van der Waals surface area contributed by atoms with Crippen molar-refractivity contribution in [3.8, 4) is 0 Å². The Kier molecular flexibility index (Phi) is 15.4. The molecule has 0 aliphatic rings. The lowest BCUT2D eigenvalue weighted by Crippen LogP contribution is -2.43. The van der Waals surface area contributed by atoms with Gasteiger partial charge in [-0.25, -0.2) is 0 Å². The average molecular weight is 475 g/mol. The predicted octanol–water partition coefficient (Wildman–Crippen LogP) is 2.35. The highest BCUT2D eigenvalue weighted by Crippen LogP contribution is 2.15. The summed E-state index contributed by atoms with van der Waals surface area (Å²) in [4.78, 5) is 37.0. The van der Waals surface area contributed by atoms with Crippen molar-refractivity contribution in [2.45, 2.75) is 90.6 Å². The fourth-order valence-electron chi connectivity index (χ4n) is 2.75. The van der Waals surface area contributed by atoms with Gasteiger partial charge in [0, 0.05) is 34.0 Å². The number of carbonyl (C=O) groups excluding carboxylic acids is 3. The molecule has 9 heteroatoms. The number of hydrogen-bond acceptors (Lipinski definition) is 7. The molecule has 0 bridgehead atoms. The first-order chi connectivity index (χ1) is 15.4. The van der Waals surface area contributed by atoms with E-state index in [0.29, 0.717) is 38.9 Å². The Labute approximate surface area is 199 Å². The highest BCUT2D eigenvalue weighted by atomic mass is 16.5. The summed E-state index contributed by atoms with van der Waals surface area (Å²) in [7, 11) is 3.33. The number of rotatable bonds is 19. The maximum Gasteiger partial charge on any atom is 0.239 e. The Morgan fingerprint density at radius 1 is 0.939 bits per heavy atom. The number of aldehydes is 1. The van der Waals surface area contributed by atoms with Gasteiger partial charge in [0.1, 0.15) is 6.29 Å². The first-order valence-corrected chi connectivity index (χ1v) is 11.7. The lowest BCUT2D eigenvalue weighted by Gasteiger charge is -2.27. The number of carbonyl (C=O) groups is 3. The minimum Gasteiger partial charge on any atom is -0.379 e. The first kappa shape index (κ1) is 31.4. The van der Waals surface area contributed by atoms with Crippen molar-refractivity contribution in [3.05, 3.63) is 0 Å². The van der Waals surface area contributed by atoms with Crippen molar-refractivity contribution in [2.24, 2.45) is 0 Å². The first-order valence-electron chi connectivity index (χ1n) is 11.7. The Morgan fingerprint density at radius 2 is 1.45 bits per heavy atom. The molecule has 0 aromatic carbocycles. The highest BCUT2D eigenvalue weighted by Gasteiger charge is 2.22. The summed E-state index contributed by atoms with van der Waals surface area (Å²) in [5, 5.41) is 2.48. The number of hydrogen-bond donors (Lipinski definition) is 1. The molecular weight excluding hydrogens is 428 g/mol. The van der Waals surface area contributed by atoms with Crippen LogP contribution in [0.2, 0.25) is 0 Å². The quantitative estimate of drug-likeness (QED) is 0.287. The minimum absolute atomic E-state index is 0.0789. The van der Waals surface area contributed by atoms with Crippen molar-refractivity contribution in [3.63, 3.8) is 0 Å². The molecule has 0 saturated carbocycles. The van der Waals surface area contributed by atoms with Gasteiger partial charge in [0.25, 0.3) is 0 Å². The summed E-state index contributed by atoms with van der Waals surface area (Å²) in [6.07, 6.45) is 2.42. The third-order valence-electron chi connectivity index (χ3n) is 5.66. The largest absolute Gasteiger partial charge is 0.379 e. The molecule has 1 N–H and O–H groups in total. The van der Waals surface area contributed by atoms with Gasteiger partial charge < -0.3 is 34.0 Å². The summed E-state index contributed by atoms with van der Waals surface area (Å²) in [5.74, 6) is -0.552. The number of nitrogens with zero attached hydrogens (tertiary/aromatic N) is 1. The van der Waals surface area contributed by atoms with Crippen LogP contribution in [0.3, 0.4) is 0 Å². The van der Waals surface area contributed by atoms with Gasteiger partial charge in [0.2, 0.25) is 11.8 Å². The Hall–Kier alpha value is -1.55. The molecule has 194 valence electrons. The summed E-state index contributed by atoms with van der Waals surface area (Å²) >= 11 is 0. The van der Waals surface area contributed by atoms with Gasteiger partial charge in [-0.15, -0.1) is 0 Å². The van der Waals surface area contributed by atoms with Gasteiger partial charge in [-0.2, -0.15) is 0 Å². The normalized spacial score (nSPS) is 13.9. The van der Waals surface area contributed by atoms with Crippen LogP contribution in [-0.4, -0.2) is 93.5 Å². The molecule has 0 saturated heterocycles. The van der Waals surface area contributed by atoms with Crippen molar-refractivity contribution >= 4 is 18.1 Å². The molecule has 2 unspecified atom stereocenters. The second-order valence-electron chi connectivity index (χ2n) is 9.57. The summed E-state index contributed by atoms with van der Waals surface area (Å²) in [5.41, 5.74) is -0.548. The molecule has 9 nitrogen and oxygen atoms in total. The van der Waals surface area contributed by atoms with Crippen LogP contribution in [0.4, 0.5) is 0 Å². The van der Waals surface area contributed by atoms with E-state index in [4.69, 9.17) is 18.9 Å². The maximum atomic E-state index is 12.9. The van der Waals surface area contributed by atoms with Crippen molar-refractivity contribution in [2.75, 3.05) is 47.1 Å². The second-order valence-corrected chi connectivity index (χ2v) is 9.57. The smallest absolute Gasteiger partial charge is 0.239 e. The van der Waals surface area contributed by atoms with Crippen molar-refractivity contribution in [1.82, 2.24) is 10.2 Å². The highest BCUT2D eigenvalue weighted by molar-refractivity contribution is 5.85. The van der Waals surface area contributed by atoms with E-state index in [9.17, 15) is 14.4 Å². The third-order valence-corrected chi connectivity index (χ3v) is 5.66. The standard InChI is InChI=1S/C24H46N2O7/c1-19(32-15-10-23(3,4)30-7)9-13-26(18-21(28)25-12-14-27)22(29)17-20(2)33-16-11-24(5,6)31-8/h14,19-20H,9-13,15-18H2,1-8H3,(H,25,28). The van der Waals surface area contributed by atoms with Crippen LogP contribution in [-0.2, 0) is 33.3 Å². The zero-order chi connectivity index (χ0) is 25.5. The topological polar surface area (TPSA) is 103 Å². The fraction of sp³-hybridized carbons (Fsp3) is 0.875. The molecule has 0 aliphatic carbocycles. The molecule has 2 atom stereocenters. The maximum absolute atomic E-state index is 12.9. The van der Waals surface area contributed by atoms with E-state index in [0.717, 1.165) is 6.42 Å². The number of nitrogens with one attached hydrogen (secondary N) is 1. The van der Waals surface area contributed by atoms with Gasteiger partial charge in [0.15, 0.2) is 0 Å². The molecule has 0 heterocycles. The Bertz CT molecular complexity index is 581. The zero-order valence-electron chi connectivity index (χ0n) is 21.9. The molecular formula is C24H46N2O7. The molecule has 0 aromatic rings. The molecule has 0 fully saturated rings. The molecule has 0 rings (SSSR count). The van der Waals surface area contributed by atoms with Gasteiger partial charge in [-0.05, 0) is 60.8 Å². The Morgan fingerprint density at radius 3 is 1.94 bits per heavy atom. The zero-order valence-corrected chi connectivity index (χ0v) is 21.9. The summed E-state index contributed by atoms with van der Waals surface area (Å²) in [6, 6.07) is 0. The van der Waals surface area contributed by atoms with E-state index in [1.54, 1.807) is 14.2 Å². The van der Waals surface area contributed by atoms with E-state index >= 15 is 0 Å². The van der Waals surface area contributed by atoms with Crippen molar-refractivity contribution < 1.29 is 33.3 Å². The van der Waals surface area contributed by atoms with Gasteiger partial charge in [-0.1, -0.05) is 0 Å². The summed E-state index contributed by atoms with van der Waals surface area (Å²) in [6.45, 7) is 12.9. The number of amides is 2. The molecule has 0 aliphatic heterocycles. The molecule has 0 spiro atoms. The average Bonchev–Trinajstić information content (AvgIpc) is 2.74. The van der Waals surface area contributed by atoms with Crippen LogP contribution < -0.4 is 5.32 Å². The summed E-state index contributed by atoms with van der Waals surface area (Å²) < 4.78 is 22.4. The number of ether oxygens (including phenoxy) is 4. The molecule has 0 aromatic heterocycles. The predicted molar refractivity (Wildman–Crippen MR) is 127 cm³/mol. The second kappa shape index (κ2) is 16.1. The molecule has 33 heavy (non-hydrogen) atoms. The van der Waals surface area contributed by atoms with E-state index < -0.39 is 0 Å². The van der Waals surface area contributed by atoms with Crippen LogP contribution >= 0.6 is 0 Å². The van der Waals surface area contributed by atoms with E-state index in [1.807, 2.05) is 41.5 Å². The minimum atomic E-state index is -0.374. The van der Waals surface area contributed by atoms with E-state index in [1.165, 1.54) is 4.90 Å². The third kappa shape index (κ3) is 15.8. The van der Waals surface area contributed by atoms with Crippen molar-refractivity contribution in [1.29, 1.82) is 0 Å². The van der Waals surface area contributed by atoms with Crippen LogP contribution in [0.25, 0.3) is 0 Å².